The molecule has 1 aliphatic rings. The number of aromatic nitrogens is 1. The molecule has 0 saturated carbocycles. The van der Waals surface area contributed by atoms with Crippen LogP contribution in [-0.2, 0) is 0 Å². The highest BCUT2D eigenvalue weighted by molar-refractivity contribution is 5.94. The molecule has 0 aliphatic carbocycles. The van der Waals surface area contributed by atoms with Gasteiger partial charge >= 0.3 is 0 Å². The lowest BCUT2D eigenvalue weighted by Crippen LogP contribution is -2.38. The molecule has 2 heterocycles. The number of piperidine rings is 1. The Morgan fingerprint density at radius 1 is 1.17 bits per heavy atom. The van der Waals surface area contributed by atoms with Gasteiger partial charge < -0.3 is 4.90 Å². The van der Waals surface area contributed by atoms with Crippen molar-refractivity contribution in [3.8, 4) is 6.07 Å². The van der Waals surface area contributed by atoms with Gasteiger partial charge in [0.1, 0.15) is 6.07 Å². The van der Waals surface area contributed by atoms with E-state index >= 15 is 0 Å². The second kappa shape index (κ2) is 6.62. The van der Waals surface area contributed by atoms with E-state index in [4.69, 9.17) is 5.26 Å². The van der Waals surface area contributed by atoms with Gasteiger partial charge in [-0.2, -0.15) is 5.26 Å². The van der Waals surface area contributed by atoms with Gasteiger partial charge in [-0.3, -0.25) is 9.78 Å². The van der Waals surface area contributed by atoms with Crippen molar-refractivity contribution in [3.05, 3.63) is 65.0 Å². The fraction of sp³-hybridized carbons (Fsp3) is 0.316. The van der Waals surface area contributed by atoms with Gasteiger partial charge in [-0.15, -0.1) is 0 Å². The van der Waals surface area contributed by atoms with Crippen LogP contribution in [0.4, 0.5) is 0 Å². The smallest absolute Gasteiger partial charge is 0.253 e. The van der Waals surface area contributed by atoms with Gasteiger partial charge in [0, 0.05) is 36.5 Å². The number of nitrogens with zero attached hydrogens (tertiary/aromatic N) is 3. The number of carbonyl (C=O) groups is 1. The molecule has 1 amide bonds. The van der Waals surface area contributed by atoms with Crippen LogP contribution in [0, 0.1) is 18.3 Å². The molecule has 4 nitrogen and oxygen atoms in total. The first-order valence-electron chi connectivity index (χ1n) is 7.89. The van der Waals surface area contributed by atoms with Gasteiger partial charge in [0.05, 0.1) is 5.56 Å². The first-order valence-corrected chi connectivity index (χ1v) is 7.89. The molecule has 3 rings (SSSR count). The van der Waals surface area contributed by atoms with Crippen LogP contribution < -0.4 is 0 Å². The summed E-state index contributed by atoms with van der Waals surface area (Å²) in [6.45, 7) is 3.52. The molecule has 1 aromatic heterocycles. The van der Waals surface area contributed by atoms with E-state index in [-0.39, 0.29) is 5.91 Å². The molecule has 0 radical (unpaired) electrons. The van der Waals surface area contributed by atoms with Crippen LogP contribution in [0.2, 0.25) is 0 Å². The number of amides is 1. The summed E-state index contributed by atoms with van der Waals surface area (Å²) >= 11 is 0. The molecule has 1 fully saturated rings. The lowest BCUT2D eigenvalue weighted by Gasteiger charge is -2.31. The Morgan fingerprint density at radius 2 is 1.87 bits per heavy atom. The third kappa shape index (κ3) is 3.40. The summed E-state index contributed by atoms with van der Waals surface area (Å²) in [5.41, 5.74) is 3.52. The van der Waals surface area contributed by atoms with E-state index in [1.165, 1.54) is 0 Å². The maximum absolute atomic E-state index is 12.5. The Kier molecular flexibility index (Phi) is 4.38. The highest BCUT2D eigenvalue weighted by atomic mass is 16.2. The zero-order valence-corrected chi connectivity index (χ0v) is 13.2. The normalized spacial score (nSPS) is 15.2. The van der Waals surface area contributed by atoms with Crippen LogP contribution in [0.3, 0.4) is 0 Å². The van der Waals surface area contributed by atoms with Gasteiger partial charge in [0.15, 0.2) is 0 Å². The summed E-state index contributed by atoms with van der Waals surface area (Å²) in [5.74, 6) is 0.473. The van der Waals surface area contributed by atoms with E-state index in [0.717, 1.165) is 42.8 Å². The summed E-state index contributed by atoms with van der Waals surface area (Å²) in [6.07, 6.45) is 3.45. The standard InChI is InChI=1S/C19H19N3O/c1-14-2-5-17(6-3-14)19(23)22-10-8-16(9-11-22)18-7-4-15(12-20)13-21-18/h2-7,13,16H,8-11H2,1H3. The largest absolute Gasteiger partial charge is 0.339 e. The minimum absolute atomic E-state index is 0.108. The fourth-order valence-corrected chi connectivity index (χ4v) is 2.97. The summed E-state index contributed by atoms with van der Waals surface area (Å²) in [7, 11) is 0. The first kappa shape index (κ1) is 15.2. The fourth-order valence-electron chi connectivity index (χ4n) is 2.97. The van der Waals surface area contributed by atoms with Crippen molar-refractivity contribution in [3.63, 3.8) is 0 Å². The van der Waals surface area contributed by atoms with Gasteiger partial charge in [-0.25, -0.2) is 0 Å². The van der Waals surface area contributed by atoms with E-state index in [1.54, 1.807) is 6.20 Å². The van der Waals surface area contributed by atoms with Crippen LogP contribution in [0.5, 0.6) is 0 Å². The Hall–Kier alpha value is -2.67. The van der Waals surface area contributed by atoms with E-state index in [0.29, 0.717) is 11.5 Å². The van der Waals surface area contributed by atoms with Crippen molar-refractivity contribution in [2.75, 3.05) is 13.1 Å². The van der Waals surface area contributed by atoms with Crippen LogP contribution in [0.25, 0.3) is 0 Å². The number of aryl methyl sites for hydroxylation is 1. The molecular weight excluding hydrogens is 286 g/mol. The second-order valence-electron chi connectivity index (χ2n) is 6.02. The minimum Gasteiger partial charge on any atom is -0.339 e. The molecule has 23 heavy (non-hydrogen) atoms. The first-order chi connectivity index (χ1) is 11.2. The lowest BCUT2D eigenvalue weighted by molar-refractivity contribution is 0.0712. The van der Waals surface area contributed by atoms with Crippen molar-refractivity contribution in [1.82, 2.24) is 9.88 Å². The number of benzene rings is 1. The molecule has 0 bridgehead atoms. The van der Waals surface area contributed by atoms with E-state index in [2.05, 4.69) is 11.1 Å². The predicted molar refractivity (Wildman–Crippen MR) is 88.0 cm³/mol. The Morgan fingerprint density at radius 3 is 2.43 bits per heavy atom. The average Bonchev–Trinajstić information content (AvgIpc) is 2.62. The zero-order chi connectivity index (χ0) is 16.2. The number of nitriles is 1. The molecule has 0 spiro atoms. The summed E-state index contributed by atoms with van der Waals surface area (Å²) in [6, 6.07) is 13.6. The SMILES string of the molecule is Cc1ccc(C(=O)N2CCC(c3ccc(C#N)cn3)CC2)cc1. The number of hydrogen-bond donors (Lipinski definition) is 0. The number of likely N-dealkylation sites (tertiary alicyclic amines) is 1. The molecule has 1 saturated heterocycles. The molecular formula is C19H19N3O. The van der Waals surface area contributed by atoms with Crippen molar-refractivity contribution < 1.29 is 4.79 Å². The molecule has 116 valence electrons. The van der Waals surface area contributed by atoms with E-state index < -0.39 is 0 Å². The summed E-state index contributed by atoms with van der Waals surface area (Å²) in [5, 5.41) is 8.83. The molecule has 0 unspecified atom stereocenters. The summed E-state index contributed by atoms with van der Waals surface area (Å²) in [4.78, 5) is 18.8. The Bertz CT molecular complexity index is 721. The number of pyridine rings is 1. The van der Waals surface area contributed by atoms with Gasteiger partial charge in [-0.05, 0) is 44.0 Å². The van der Waals surface area contributed by atoms with E-state index in [1.807, 2.05) is 48.2 Å². The van der Waals surface area contributed by atoms with Crippen molar-refractivity contribution in [1.29, 1.82) is 5.26 Å². The van der Waals surface area contributed by atoms with Gasteiger partial charge in [0.2, 0.25) is 0 Å². The molecule has 1 aromatic carbocycles. The highest BCUT2D eigenvalue weighted by Crippen LogP contribution is 2.27. The van der Waals surface area contributed by atoms with E-state index in [9.17, 15) is 4.79 Å². The molecule has 0 atom stereocenters. The third-order valence-corrected chi connectivity index (χ3v) is 4.41. The maximum Gasteiger partial charge on any atom is 0.253 e. The minimum atomic E-state index is 0.108. The maximum atomic E-state index is 12.5. The topological polar surface area (TPSA) is 57.0 Å². The number of carbonyl (C=O) groups excluding carboxylic acids is 1. The van der Waals surface area contributed by atoms with Crippen LogP contribution in [-0.4, -0.2) is 28.9 Å². The average molecular weight is 305 g/mol. The lowest BCUT2D eigenvalue weighted by atomic mass is 9.92. The molecule has 2 aromatic rings. The van der Waals surface area contributed by atoms with Crippen molar-refractivity contribution in [2.45, 2.75) is 25.7 Å². The predicted octanol–water partition coefficient (Wildman–Crippen LogP) is 3.28. The van der Waals surface area contributed by atoms with Crippen LogP contribution >= 0.6 is 0 Å². The van der Waals surface area contributed by atoms with Crippen LogP contribution in [0.1, 0.15) is 45.9 Å². The number of hydrogen-bond acceptors (Lipinski definition) is 3. The summed E-state index contributed by atoms with van der Waals surface area (Å²) < 4.78 is 0. The second-order valence-corrected chi connectivity index (χ2v) is 6.02. The van der Waals surface area contributed by atoms with Gasteiger partial charge in [0.25, 0.3) is 5.91 Å². The molecule has 0 N–H and O–H groups in total. The quantitative estimate of drug-likeness (QED) is 0.855. The monoisotopic (exact) mass is 305 g/mol. The van der Waals surface area contributed by atoms with Crippen LogP contribution in [0.15, 0.2) is 42.6 Å². The van der Waals surface area contributed by atoms with Crippen molar-refractivity contribution in [2.24, 2.45) is 0 Å². The number of rotatable bonds is 2. The van der Waals surface area contributed by atoms with Gasteiger partial charge in [-0.1, -0.05) is 17.7 Å². The highest BCUT2D eigenvalue weighted by Gasteiger charge is 2.25. The Balaban J connectivity index is 1.62. The Labute approximate surface area is 136 Å². The zero-order valence-electron chi connectivity index (χ0n) is 13.2. The molecule has 4 heteroatoms. The molecule has 1 aliphatic heterocycles. The van der Waals surface area contributed by atoms with Crippen molar-refractivity contribution >= 4 is 5.91 Å². The third-order valence-electron chi connectivity index (χ3n) is 4.41.